The molecule has 172 valence electrons. The number of anilines is 1. The van der Waals surface area contributed by atoms with Crippen molar-refractivity contribution in [2.24, 2.45) is 0 Å². The zero-order chi connectivity index (χ0) is 23.8. The van der Waals surface area contributed by atoms with Crippen molar-refractivity contribution >= 4 is 39.3 Å². The van der Waals surface area contributed by atoms with Crippen molar-refractivity contribution in [2.75, 3.05) is 10.8 Å². The third-order valence-corrected chi connectivity index (χ3v) is 6.48. The van der Waals surface area contributed by atoms with Gasteiger partial charge in [0.1, 0.15) is 17.2 Å². The van der Waals surface area contributed by atoms with Gasteiger partial charge in [0.15, 0.2) is 0 Å². The summed E-state index contributed by atoms with van der Waals surface area (Å²) in [5, 5.41) is 9.01. The fourth-order valence-corrected chi connectivity index (χ4v) is 4.81. The number of sulfonamides is 1. The molecule has 0 aliphatic carbocycles. The van der Waals surface area contributed by atoms with E-state index in [9.17, 15) is 27.5 Å². The molecule has 8 nitrogen and oxygen atoms in total. The first-order chi connectivity index (χ1) is 14.8. The second kappa shape index (κ2) is 8.59. The molecule has 0 bridgehead atoms. The Balaban J connectivity index is 2.04. The van der Waals surface area contributed by atoms with E-state index in [-0.39, 0.29) is 22.8 Å². The van der Waals surface area contributed by atoms with Crippen LogP contribution in [0.3, 0.4) is 0 Å². The maximum atomic E-state index is 13.5. The zero-order valence-corrected chi connectivity index (χ0v) is 19.0. The molecule has 0 aromatic heterocycles. The third kappa shape index (κ3) is 5.13. The van der Waals surface area contributed by atoms with Crippen LogP contribution < -0.4 is 9.04 Å². The largest absolute Gasteiger partial charge is 0.478 e. The molecule has 0 unspecified atom stereocenters. The summed E-state index contributed by atoms with van der Waals surface area (Å²) in [4.78, 5) is 23.4. The van der Waals surface area contributed by atoms with Crippen LogP contribution in [0.1, 0.15) is 26.3 Å². The highest BCUT2D eigenvalue weighted by Crippen LogP contribution is 2.38. The zero-order valence-electron chi connectivity index (χ0n) is 17.5. The molecule has 1 atom stereocenters. The Labute approximate surface area is 189 Å². The van der Waals surface area contributed by atoms with Gasteiger partial charge < -0.3 is 14.6 Å². The predicted octanol–water partition coefficient (Wildman–Crippen LogP) is 3.40. The number of rotatable bonds is 5. The molecule has 0 spiro atoms. The number of carboxylic acids is 1. The molecule has 0 amide bonds. The predicted molar refractivity (Wildman–Crippen MR) is 114 cm³/mol. The van der Waals surface area contributed by atoms with Crippen molar-refractivity contribution in [3.8, 4) is 5.75 Å². The summed E-state index contributed by atoms with van der Waals surface area (Å²) in [6.45, 7) is 4.63. The van der Waals surface area contributed by atoms with Crippen molar-refractivity contribution < 1.29 is 37.0 Å². The van der Waals surface area contributed by atoms with Gasteiger partial charge in [-0.05, 0) is 56.7 Å². The van der Waals surface area contributed by atoms with E-state index in [1.54, 1.807) is 20.8 Å². The maximum Gasteiger partial charge on any atom is 0.346 e. The lowest BCUT2D eigenvalue weighted by atomic mass is 10.1. The molecule has 0 saturated heterocycles. The molecule has 1 aliphatic heterocycles. The SMILES string of the molecule is CC(C)(C)OC(=O)Cc1ccc2c(c1)N(S(=O)(=O)c1ccc(F)c(Cl)c1)C[C@H](C(=O)O)O2. The molecule has 1 N–H and O–H groups in total. The van der Waals surface area contributed by atoms with Crippen molar-refractivity contribution in [3.05, 3.63) is 52.8 Å². The first-order valence-corrected chi connectivity index (χ1v) is 11.3. The van der Waals surface area contributed by atoms with Crippen LogP contribution in [0.25, 0.3) is 0 Å². The molecule has 32 heavy (non-hydrogen) atoms. The van der Waals surface area contributed by atoms with Crippen LogP contribution in [0.2, 0.25) is 5.02 Å². The van der Waals surface area contributed by atoms with Crippen LogP contribution in [0, 0.1) is 5.82 Å². The van der Waals surface area contributed by atoms with Gasteiger partial charge in [-0.25, -0.2) is 17.6 Å². The first kappa shape index (κ1) is 23.8. The Kier molecular flexibility index (Phi) is 6.39. The lowest BCUT2D eigenvalue weighted by Gasteiger charge is -2.34. The summed E-state index contributed by atoms with van der Waals surface area (Å²) < 4.78 is 51.7. The third-order valence-electron chi connectivity index (χ3n) is 4.42. The number of hydrogen-bond donors (Lipinski definition) is 1. The highest BCUT2D eigenvalue weighted by atomic mass is 35.5. The number of hydrogen-bond acceptors (Lipinski definition) is 6. The van der Waals surface area contributed by atoms with Crippen LogP contribution in [-0.2, 0) is 30.8 Å². The minimum Gasteiger partial charge on any atom is -0.478 e. The Bertz CT molecular complexity index is 1180. The molecular formula is C21H21ClFNO7S. The summed E-state index contributed by atoms with van der Waals surface area (Å²) in [5.74, 6) is -2.66. The summed E-state index contributed by atoms with van der Waals surface area (Å²) in [6, 6.07) is 7.22. The smallest absolute Gasteiger partial charge is 0.346 e. The van der Waals surface area contributed by atoms with Crippen molar-refractivity contribution in [1.29, 1.82) is 0 Å². The molecule has 0 fully saturated rings. The van der Waals surface area contributed by atoms with Gasteiger partial charge >= 0.3 is 11.9 Å². The van der Waals surface area contributed by atoms with E-state index in [1.165, 1.54) is 18.2 Å². The molecule has 2 aromatic carbocycles. The maximum absolute atomic E-state index is 13.5. The highest BCUT2D eigenvalue weighted by Gasteiger charge is 2.38. The minimum atomic E-state index is -4.33. The van der Waals surface area contributed by atoms with Gasteiger partial charge in [0.25, 0.3) is 10.0 Å². The van der Waals surface area contributed by atoms with Crippen LogP contribution in [0.5, 0.6) is 5.75 Å². The topological polar surface area (TPSA) is 110 Å². The van der Waals surface area contributed by atoms with Crippen LogP contribution >= 0.6 is 11.6 Å². The molecule has 3 rings (SSSR count). The number of benzene rings is 2. The van der Waals surface area contributed by atoms with E-state index >= 15 is 0 Å². The number of carboxylic acid groups (broad SMARTS) is 1. The van der Waals surface area contributed by atoms with E-state index in [0.29, 0.717) is 5.56 Å². The van der Waals surface area contributed by atoms with Crippen molar-refractivity contribution in [2.45, 2.75) is 43.8 Å². The van der Waals surface area contributed by atoms with Crippen LogP contribution in [0.4, 0.5) is 10.1 Å². The van der Waals surface area contributed by atoms with Gasteiger partial charge in [0, 0.05) is 0 Å². The Hall–Kier alpha value is -2.85. The fraction of sp³-hybridized carbons (Fsp3) is 0.333. The minimum absolute atomic E-state index is 0.00775. The summed E-state index contributed by atoms with van der Waals surface area (Å²) in [5.41, 5.74) is -0.211. The Morgan fingerprint density at radius 1 is 1.25 bits per heavy atom. The molecular weight excluding hydrogens is 465 g/mol. The number of halogens is 2. The normalized spacial score (nSPS) is 16.2. The highest BCUT2D eigenvalue weighted by molar-refractivity contribution is 7.92. The monoisotopic (exact) mass is 485 g/mol. The van der Waals surface area contributed by atoms with Gasteiger partial charge in [-0.15, -0.1) is 0 Å². The quantitative estimate of drug-likeness (QED) is 0.646. The number of carbonyl (C=O) groups is 2. The van der Waals surface area contributed by atoms with Crippen molar-refractivity contribution in [1.82, 2.24) is 0 Å². The number of esters is 1. The van der Waals surface area contributed by atoms with E-state index in [2.05, 4.69) is 0 Å². The summed E-state index contributed by atoms with van der Waals surface area (Å²) >= 11 is 5.75. The standard InChI is InChI=1S/C21H21ClFNO7S/c1-21(2,3)31-19(25)9-12-4-7-17-16(8-12)24(11-18(30-17)20(26)27)32(28,29)13-5-6-15(23)14(22)10-13/h4-8,10,18H,9,11H2,1-3H3,(H,26,27)/t18-/m1/s1. The van der Waals surface area contributed by atoms with Gasteiger partial charge in [-0.1, -0.05) is 17.7 Å². The number of aliphatic carboxylic acids is 1. The molecule has 0 saturated carbocycles. The van der Waals surface area contributed by atoms with Gasteiger partial charge in [0.2, 0.25) is 6.10 Å². The Morgan fingerprint density at radius 3 is 2.53 bits per heavy atom. The first-order valence-electron chi connectivity index (χ1n) is 9.50. The van der Waals surface area contributed by atoms with E-state index in [1.807, 2.05) is 0 Å². The lowest BCUT2D eigenvalue weighted by Crippen LogP contribution is -2.47. The fourth-order valence-electron chi connectivity index (χ4n) is 3.07. The van der Waals surface area contributed by atoms with E-state index < -0.39 is 51.1 Å². The summed E-state index contributed by atoms with van der Waals surface area (Å²) in [6.07, 6.45) is -1.60. The van der Waals surface area contributed by atoms with Crippen LogP contribution in [0.15, 0.2) is 41.3 Å². The Morgan fingerprint density at radius 2 is 1.94 bits per heavy atom. The second-order valence-electron chi connectivity index (χ2n) is 8.12. The molecule has 1 aliphatic rings. The number of carbonyl (C=O) groups excluding carboxylic acids is 1. The summed E-state index contributed by atoms with van der Waals surface area (Å²) in [7, 11) is -4.33. The average molecular weight is 486 g/mol. The van der Waals surface area contributed by atoms with Gasteiger partial charge in [-0.2, -0.15) is 0 Å². The van der Waals surface area contributed by atoms with Gasteiger partial charge in [0.05, 0.1) is 28.6 Å². The van der Waals surface area contributed by atoms with Crippen LogP contribution in [-0.4, -0.2) is 43.7 Å². The van der Waals surface area contributed by atoms with E-state index in [4.69, 9.17) is 21.1 Å². The van der Waals surface area contributed by atoms with Gasteiger partial charge in [-0.3, -0.25) is 9.10 Å². The lowest BCUT2D eigenvalue weighted by molar-refractivity contribution is -0.154. The van der Waals surface area contributed by atoms with Crippen molar-refractivity contribution in [3.63, 3.8) is 0 Å². The second-order valence-corrected chi connectivity index (χ2v) is 10.4. The number of fused-ring (bicyclic) bond motifs is 1. The average Bonchev–Trinajstić information content (AvgIpc) is 2.67. The van der Waals surface area contributed by atoms with E-state index in [0.717, 1.165) is 22.5 Å². The number of ether oxygens (including phenoxy) is 2. The molecule has 11 heteroatoms. The molecule has 2 aromatic rings. The number of nitrogens with zero attached hydrogens (tertiary/aromatic N) is 1. The molecule has 1 heterocycles. The molecule has 0 radical (unpaired) electrons.